The summed E-state index contributed by atoms with van der Waals surface area (Å²) in [4.78, 5) is 32.1. The molecule has 0 spiro atoms. The maximum absolute atomic E-state index is 12.8. The number of nitrogens with one attached hydrogen (secondary N) is 1. The summed E-state index contributed by atoms with van der Waals surface area (Å²) in [6, 6.07) is 16.5. The van der Waals surface area contributed by atoms with Crippen LogP contribution >= 0.6 is 11.8 Å². The molecule has 1 amide bonds. The Bertz CT molecular complexity index is 1090. The molecular weight excluding hydrogens is 376 g/mol. The number of carboxylic acids is 1. The van der Waals surface area contributed by atoms with Gasteiger partial charge in [0.2, 0.25) is 0 Å². The number of carbonyl (C=O) groups is 2. The van der Waals surface area contributed by atoms with Crippen molar-refractivity contribution in [3.8, 4) is 0 Å². The first kappa shape index (κ1) is 18.0. The standard InChI is InChI=1S/C20H16N4O3S/c1-12-14(18(25)24(23-12)13-7-3-2-4-8-13)11-17(19(26)27)28-20-21-15-9-5-6-10-16(15)22-20/h2-11,14H,1H3,(H,21,22)(H,26,27)/b17-11+/t14-/m1/s1. The Kier molecular flexibility index (Phi) is 4.70. The van der Waals surface area contributed by atoms with Gasteiger partial charge in [0, 0.05) is 0 Å². The fourth-order valence-corrected chi connectivity index (χ4v) is 3.71. The van der Waals surface area contributed by atoms with Crippen LogP contribution < -0.4 is 5.01 Å². The second kappa shape index (κ2) is 7.32. The predicted molar refractivity (Wildman–Crippen MR) is 108 cm³/mol. The number of aromatic amines is 1. The summed E-state index contributed by atoms with van der Waals surface area (Å²) >= 11 is 0.980. The number of para-hydroxylation sites is 3. The third-order valence-corrected chi connectivity index (χ3v) is 5.20. The second-order valence-corrected chi connectivity index (χ2v) is 7.23. The van der Waals surface area contributed by atoms with Gasteiger partial charge in [-0.05, 0) is 49.0 Å². The number of anilines is 1. The van der Waals surface area contributed by atoms with E-state index in [0.29, 0.717) is 16.6 Å². The number of carboxylic acid groups (broad SMARTS) is 1. The minimum absolute atomic E-state index is 0.0156. The maximum Gasteiger partial charge on any atom is 0.342 e. The molecule has 0 saturated carbocycles. The Morgan fingerprint density at radius 2 is 1.89 bits per heavy atom. The third kappa shape index (κ3) is 3.41. The molecule has 1 atom stereocenters. The highest BCUT2D eigenvalue weighted by Gasteiger charge is 2.34. The van der Waals surface area contributed by atoms with E-state index in [1.165, 1.54) is 11.1 Å². The van der Waals surface area contributed by atoms with E-state index in [2.05, 4.69) is 15.1 Å². The molecule has 2 aromatic carbocycles. The van der Waals surface area contributed by atoms with E-state index < -0.39 is 11.9 Å². The van der Waals surface area contributed by atoms with Crippen molar-refractivity contribution in [1.82, 2.24) is 9.97 Å². The number of benzene rings is 2. The van der Waals surface area contributed by atoms with Gasteiger partial charge >= 0.3 is 5.97 Å². The van der Waals surface area contributed by atoms with Crippen LogP contribution in [0.25, 0.3) is 11.0 Å². The maximum atomic E-state index is 12.8. The van der Waals surface area contributed by atoms with Crippen molar-refractivity contribution in [3.05, 3.63) is 65.6 Å². The van der Waals surface area contributed by atoms with Gasteiger partial charge in [0.25, 0.3) is 5.91 Å². The van der Waals surface area contributed by atoms with Crippen molar-refractivity contribution in [1.29, 1.82) is 0 Å². The molecule has 1 aliphatic rings. The SMILES string of the molecule is CC1=NN(c2ccccc2)C(=O)[C@@H]1/C=C(/Sc1nc2ccccc2[nH]1)C(=O)O. The number of fused-ring (bicyclic) bond motifs is 1. The van der Waals surface area contributed by atoms with Crippen LogP contribution in [-0.2, 0) is 9.59 Å². The Hall–Kier alpha value is -3.39. The van der Waals surface area contributed by atoms with Crippen molar-refractivity contribution in [2.24, 2.45) is 11.0 Å². The number of carbonyl (C=O) groups excluding carboxylic acids is 1. The van der Waals surface area contributed by atoms with E-state index in [4.69, 9.17) is 0 Å². The minimum Gasteiger partial charge on any atom is -0.477 e. The fraction of sp³-hybridized carbons (Fsp3) is 0.100. The summed E-state index contributed by atoms with van der Waals surface area (Å²) in [5.41, 5.74) is 2.75. The van der Waals surface area contributed by atoms with Crippen molar-refractivity contribution in [2.75, 3.05) is 5.01 Å². The highest BCUT2D eigenvalue weighted by molar-refractivity contribution is 8.03. The van der Waals surface area contributed by atoms with Crippen LogP contribution in [0.3, 0.4) is 0 Å². The number of amides is 1. The molecular formula is C20H16N4O3S. The van der Waals surface area contributed by atoms with Gasteiger partial charge in [0.15, 0.2) is 5.16 Å². The zero-order chi connectivity index (χ0) is 19.7. The number of hydrogen-bond donors (Lipinski definition) is 2. The number of nitrogens with zero attached hydrogens (tertiary/aromatic N) is 3. The molecule has 0 saturated heterocycles. The highest BCUT2D eigenvalue weighted by Crippen LogP contribution is 2.31. The van der Waals surface area contributed by atoms with Crippen LogP contribution in [0.1, 0.15) is 6.92 Å². The number of hydrazone groups is 1. The van der Waals surface area contributed by atoms with Crippen molar-refractivity contribution >= 4 is 46.1 Å². The summed E-state index contributed by atoms with van der Waals surface area (Å²) in [7, 11) is 0. The summed E-state index contributed by atoms with van der Waals surface area (Å²) in [6.07, 6.45) is 1.43. The first-order valence-corrected chi connectivity index (χ1v) is 9.36. The number of hydrogen-bond acceptors (Lipinski definition) is 5. The van der Waals surface area contributed by atoms with Crippen molar-refractivity contribution < 1.29 is 14.7 Å². The molecule has 0 bridgehead atoms. The molecule has 1 aliphatic heterocycles. The lowest BCUT2D eigenvalue weighted by molar-refractivity contribution is -0.131. The zero-order valence-corrected chi connectivity index (χ0v) is 15.7. The molecule has 8 heteroatoms. The van der Waals surface area contributed by atoms with Gasteiger partial charge in [-0.1, -0.05) is 30.3 Å². The number of imidazole rings is 1. The lowest BCUT2D eigenvalue weighted by atomic mass is 10.0. The van der Waals surface area contributed by atoms with Gasteiger partial charge in [-0.3, -0.25) is 4.79 Å². The van der Waals surface area contributed by atoms with Gasteiger partial charge in [0.1, 0.15) is 0 Å². The van der Waals surface area contributed by atoms with Gasteiger partial charge in [0.05, 0.1) is 33.3 Å². The number of thioether (sulfide) groups is 1. The molecule has 140 valence electrons. The topological polar surface area (TPSA) is 98.7 Å². The molecule has 7 nitrogen and oxygen atoms in total. The van der Waals surface area contributed by atoms with E-state index in [1.807, 2.05) is 42.5 Å². The van der Waals surface area contributed by atoms with Gasteiger partial charge < -0.3 is 10.1 Å². The predicted octanol–water partition coefficient (Wildman–Crippen LogP) is 3.66. The second-order valence-electron chi connectivity index (χ2n) is 6.20. The average Bonchev–Trinajstić information content (AvgIpc) is 3.23. The molecule has 2 heterocycles. The Morgan fingerprint density at radius 1 is 1.18 bits per heavy atom. The first-order valence-electron chi connectivity index (χ1n) is 8.55. The largest absolute Gasteiger partial charge is 0.477 e. The quantitative estimate of drug-likeness (QED) is 0.510. The summed E-state index contributed by atoms with van der Waals surface area (Å²) < 4.78 is 0. The minimum atomic E-state index is -1.12. The van der Waals surface area contributed by atoms with Crippen LogP contribution in [0.5, 0.6) is 0 Å². The highest BCUT2D eigenvalue weighted by atomic mass is 32.2. The molecule has 4 rings (SSSR count). The van der Waals surface area contributed by atoms with Crippen LogP contribution in [0, 0.1) is 5.92 Å². The number of aliphatic carboxylic acids is 1. The molecule has 28 heavy (non-hydrogen) atoms. The average molecular weight is 392 g/mol. The lowest BCUT2D eigenvalue weighted by Gasteiger charge is -2.13. The third-order valence-electron chi connectivity index (χ3n) is 4.29. The van der Waals surface area contributed by atoms with Gasteiger partial charge in [-0.2, -0.15) is 10.1 Å². The molecule has 2 N–H and O–H groups in total. The normalized spacial score (nSPS) is 17.2. The van der Waals surface area contributed by atoms with E-state index in [1.54, 1.807) is 19.1 Å². The zero-order valence-electron chi connectivity index (χ0n) is 14.9. The van der Waals surface area contributed by atoms with E-state index >= 15 is 0 Å². The van der Waals surface area contributed by atoms with Crippen LogP contribution in [-0.4, -0.2) is 32.7 Å². The van der Waals surface area contributed by atoms with Crippen LogP contribution in [0.2, 0.25) is 0 Å². The molecule has 3 aromatic rings. The Labute approximate surface area is 164 Å². The van der Waals surface area contributed by atoms with Crippen LogP contribution in [0.4, 0.5) is 5.69 Å². The number of rotatable bonds is 5. The number of H-pyrrole nitrogens is 1. The molecule has 0 unspecified atom stereocenters. The smallest absolute Gasteiger partial charge is 0.342 e. The first-order chi connectivity index (χ1) is 13.5. The Morgan fingerprint density at radius 3 is 2.61 bits per heavy atom. The molecule has 0 radical (unpaired) electrons. The monoisotopic (exact) mass is 392 g/mol. The summed E-state index contributed by atoms with van der Waals surface area (Å²) in [6.45, 7) is 1.72. The van der Waals surface area contributed by atoms with Crippen molar-refractivity contribution in [3.63, 3.8) is 0 Å². The van der Waals surface area contributed by atoms with E-state index in [0.717, 1.165) is 22.8 Å². The van der Waals surface area contributed by atoms with E-state index in [-0.39, 0.29) is 10.8 Å². The van der Waals surface area contributed by atoms with Gasteiger partial charge in [-0.15, -0.1) is 0 Å². The van der Waals surface area contributed by atoms with E-state index in [9.17, 15) is 14.7 Å². The van der Waals surface area contributed by atoms with Crippen molar-refractivity contribution in [2.45, 2.75) is 12.1 Å². The number of aromatic nitrogens is 2. The Balaban J connectivity index is 1.62. The van der Waals surface area contributed by atoms with Gasteiger partial charge in [-0.25, -0.2) is 9.78 Å². The molecule has 1 aromatic heterocycles. The molecule has 0 aliphatic carbocycles. The summed E-state index contributed by atoms with van der Waals surface area (Å²) in [5.74, 6) is -2.14. The summed E-state index contributed by atoms with van der Waals surface area (Å²) in [5, 5.41) is 15.7. The molecule has 0 fully saturated rings. The lowest BCUT2D eigenvalue weighted by Crippen LogP contribution is -2.26. The fourth-order valence-electron chi connectivity index (χ4n) is 2.91. The van der Waals surface area contributed by atoms with Crippen LogP contribution in [0.15, 0.2) is 75.8 Å².